The van der Waals surface area contributed by atoms with E-state index in [1.165, 1.54) is 0 Å². The Morgan fingerprint density at radius 1 is 1.07 bits per heavy atom. The Labute approximate surface area is 168 Å². The largest absolute Gasteiger partial charge is 0.414 e. The van der Waals surface area contributed by atoms with Crippen LogP contribution in [0, 0.1) is 5.92 Å². The first kappa shape index (κ1) is 25.0. The van der Waals surface area contributed by atoms with Crippen LogP contribution < -0.4 is 0 Å². The summed E-state index contributed by atoms with van der Waals surface area (Å²) in [6, 6.07) is 3.18. The van der Waals surface area contributed by atoms with Gasteiger partial charge in [0.15, 0.2) is 22.9 Å². The lowest BCUT2D eigenvalue weighted by Gasteiger charge is -2.37. The third-order valence-corrected chi connectivity index (χ3v) is 16.0. The van der Waals surface area contributed by atoms with Gasteiger partial charge >= 0.3 is 0 Å². The number of carbonyl (C=O) groups excluding carboxylic acids is 1. The highest BCUT2D eigenvalue weighted by Crippen LogP contribution is 2.40. The van der Waals surface area contributed by atoms with Gasteiger partial charge in [-0.15, -0.1) is 0 Å². The summed E-state index contributed by atoms with van der Waals surface area (Å²) in [5.41, 5.74) is 0. The molecule has 0 spiro atoms. The molecule has 160 valence electrons. The van der Waals surface area contributed by atoms with Crippen molar-refractivity contribution in [2.45, 2.75) is 103 Å². The zero-order valence-corrected chi connectivity index (χ0v) is 21.0. The van der Waals surface area contributed by atoms with Gasteiger partial charge < -0.3 is 23.1 Å². The van der Waals surface area contributed by atoms with Crippen molar-refractivity contribution in [2.24, 2.45) is 5.92 Å². The summed E-state index contributed by atoms with van der Waals surface area (Å²) in [6.45, 7) is 18.3. The Morgan fingerprint density at radius 2 is 1.63 bits per heavy atom. The molecule has 0 aromatic rings. The van der Waals surface area contributed by atoms with Crippen molar-refractivity contribution in [3.63, 3.8) is 0 Å². The molecule has 0 aromatic heterocycles. The van der Waals surface area contributed by atoms with Crippen LogP contribution in [0.4, 0.5) is 0 Å². The van der Waals surface area contributed by atoms with Crippen LogP contribution in [-0.2, 0) is 23.1 Å². The average Bonchev–Trinajstić information content (AvgIpc) is 2.94. The molecule has 0 bridgehead atoms. The van der Waals surface area contributed by atoms with Gasteiger partial charge in [0.2, 0.25) is 0 Å². The number of carbonyl (C=O) groups is 1. The smallest absolute Gasteiger partial charge is 0.192 e. The number of rotatable bonds is 11. The van der Waals surface area contributed by atoms with Gasteiger partial charge in [-0.05, 0) is 36.3 Å². The Balaban J connectivity index is 2.99. The summed E-state index contributed by atoms with van der Waals surface area (Å²) in [4.78, 5) is 11.4. The van der Waals surface area contributed by atoms with Gasteiger partial charge in [-0.25, -0.2) is 0 Å². The van der Waals surface area contributed by atoms with Crippen LogP contribution in [0.3, 0.4) is 0 Å². The van der Waals surface area contributed by atoms with Crippen molar-refractivity contribution < 1.29 is 23.1 Å². The molecule has 1 saturated heterocycles. The van der Waals surface area contributed by atoms with E-state index in [4.69, 9.17) is 18.3 Å². The lowest BCUT2D eigenvalue weighted by Crippen LogP contribution is -2.46. The third kappa shape index (κ3) is 5.96. The predicted molar refractivity (Wildman–Crippen MR) is 115 cm³/mol. The number of ether oxygens (including phenoxy) is 2. The van der Waals surface area contributed by atoms with E-state index in [2.05, 4.69) is 54.6 Å². The molecule has 1 aliphatic heterocycles. The molecule has 0 saturated carbocycles. The van der Waals surface area contributed by atoms with E-state index in [-0.39, 0.29) is 23.2 Å². The highest BCUT2D eigenvalue weighted by Gasteiger charge is 2.49. The maximum atomic E-state index is 11.4. The maximum absolute atomic E-state index is 11.4. The summed E-state index contributed by atoms with van der Waals surface area (Å²) < 4.78 is 24.9. The molecule has 1 heterocycles. The fourth-order valence-electron chi connectivity index (χ4n) is 3.45. The van der Waals surface area contributed by atoms with Crippen molar-refractivity contribution >= 4 is 22.9 Å². The molecular weight excluding hydrogens is 376 g/mol. The Hall–Kier alpha value is -0.0562. The Bertz CT molecular complexity index is 452. The van der Waals surface area contributed by atoms with Crippen LogP contribution >= 0.6 is 0 Å². The van der Waals surface area contributed by atoms with Crippen LogP contribution in [0.25, 0.3) is 0 Å². The van der Waals surface area contributed by atoms with Crippen molar-refractivity contribution in [3.05, 3.63) is 0 Å². The Kier molecular flexibility index (Phi) is 9.36. The molecule has 0 unspecified atom stereocenters. The monoisotopic (exact) mass is 418 g/mol. The molecule has 0 N–H and O–H groups in total. The van der Waals surface area contributed by atoms with E-state index in [9.17, 15) is 4.79 Å². The zero-order chi connectivity index (χ0) is 20.9. The molecule has 1 fully saturated rings. The fourth-order valence-corrected chi connectivity index (χ4v) is 7.33. The van der Waals surface area contributed by atoms with E-state index >= 15 is 0 Å². The van der Waals surface area contributed by atoms with Crippen molar-refractivity contribution in [1.29, 1.82) is 0 Å². The third-order valence-electron chi connectivity index (χ3n) is 6.81. The van der Waals surface area contributed by atoms with Crippen LogP contribution in [0.1, 0.15) is 48.0 Å². The minimum Gasteiger partial charge on any atom is -0.414 e. The molecule has 4 atom stereocenters. The minimum atomic E-state index is -1.89. The second kappa shape index (κ2) is 10.1. The maximum Gasteiger partial charge on any atom is 0.192 e. The minimum absolute atomic E-state index is 0.0197. The molecule has 0 radical (unpaired) electrons. The van der Waals surface area contributed by atoms with Gasteiger partial charge in [0.05, 0.1) is 12.7 Å². The normalized spacial score (nSPS) is 27.1. The van der Waals surface area contributed by atoms with Crippen molar-refractivity contribution in [1.82, 2.24) is 0 Å². The van der Waals surface area contributed by atoms with Crippen molar-refractivity contribution in [2.75, 3.05) is 13.7 Å². The number of aldehydes is 1. The van der Waals surface area contributed by atoms with Gasteiger partial charge in [-0.3, -0.25) is 0 Å². The standard InChI is InChI=1S/C20H42O5Si2/c1-10-27(11-2,12-3)25-18-16(13-14-21)17(24-19(18)22-7)15-23-26(8,9)20(4,5)6/h14,16-19H,10-13,15H2,1-9H3/t16-,17-,18-,19-/m1/s1. The topological polar surface area (TPSA) is 54.0 Å². The van der Waals surface area contributed by atoms with Crippen LogP contribution in [0.5, 0.6) is 0 Å². The van der Waals surface area contributed by atoms with Gasteiger partial charge in [0.1, 0.15) is 12.4 Å². The zero-order valence-electron chi connectivity index (χ0n) is 19.0. The first-order chi connectivity index (χ1) is 12.5. The molecule has 0 aliphatic carbocycles. The fraction of sp³-hybridized carbons (Fsp3) is 0.950. The predicted octanol–water partition coefficient (Wildman–Crippen LogP) is 4.98. The highest BCUT2D eigenvalue weighted by molar-refractivity contribution is 6.74. The second-order valence-corrected chi connectivity index (χ2v) is 18.8. The van der Waals surface area contributed by atoms with Gasteiger partial charge in [0, 0.05) is 19.4 Å². The Morgan fingerprint density at radius 3 is 2.04 bits per heavy atom. The summed E-state index contributed by atoms with van der Waals surface area (Å²) in [5.74, 6) is -0.0197. The van der Waals surface area contributed by atoms with Crippen LogP contribution in [-0.4, -0.2) is 55.1 Å². The SMILES string of the molecule is CC[Si](CC)(CC)O[C@H]1[C@H](OC)O[C@H](CO[Si](C)(C)C(C)(C)C)[C@H]1CC=O. The molecule has 1 rings (SSSR count). The quantitative estimate of drug-likeness (QED) is 0.350. The van der Waals surface area contributed by atoms with Crippen LogP contribution in [0.15, 0.2) is 0 Å². The molecule has 1 aliphatic rings. The van der Waals surface area contributed by atoms with E-state index in [1.807, 2.05) is 0 Å². The molecule has 7 heteroatoms. The van der Waals surface area contributed by atoms with Crippen LogP contribution in [0.2, 0.25) is 36.3 Å². The van der Waals surface area contributed by atoms with E-state index < -0.39 is 22.9 Å². The molecule has 0 aromatic carbocycles. The molecule has 5 nitrogen and oxygen atoms in total. The van der Waals surface area contributed by atoms with Gasteiger partial charge in [-0.2, -0.15) is 0 Å². The number of methoxy groups -OCH3 is 1. The molecule has 0 amide bonds. The van der Waals surface area contributed by atoms with Gasteiger partial charge in [-0.1, -0.05) is 41.5 Å². The van der Waals surface area contributed by atoms with Crippen molar-refractivity contribution in [3.8, 4) is 0 Å². The molecular formula is C20H42O5Si2. The van der Waals surface area contributed by atoms with Gasteiger partial charge in [0.25, 0.3) is 0 Å². The summed E-state index contributed by atoms with van der Waals surface area (Å²) in [6.07, 6.45) is 0.600. The summed E-state index contributed by atoms with van der Waals surface area (Å²) in [7, 11) is -2.07. The van der Waals surface area contributed by atoms with E-state index in [1.54, 1.807) is 7.11 Å². The summed E-state index contributed by atoms with van der Waals surface area (Å²) >= 11 is 0. The summed E-state index contributed by atoms with van der Waals surface area (Å²) in [5, 5.41) is 0.136. The number of hydrogen-bond donors (Lipinski definition) is 0. The van der Waals surface area contributed by atoms with E-state index in [0.29, 0.717) is 13.0 Å². The lowest BCUT2D eigenvalue weighted by atomic mass is 9.96. The highest BCUT2D eigenvalue weighted by atomic mass is 28.4. The van der Waals surface area contributed by atoms with E-state index in [0.717, 1.165) is 24.4 Å². The molecule has 27 heavy (non-hydrogen) atoms. The average molecular weight is 419 g/mol. The lowest BCUT2D eigenvalue weighted by molar-refractivity contribution is -0.149. The number of hydrogen-bond acceptors (Lipinski definition) is 5. The second-order valence-electron chi connectivity index (χ2n) is 9.24. The first-order valence-electron chi connectivity index (χ1n) is 10.4. The first-order valence-corrected chi connectivity index (χ1v) is 15.9.